The molecular weight excluding hydrogens is 304 g/mol. The Balaban J connectivity index is 2.46. The molecule has 21 heavy (non-hydrogen) atoms. The van der Waals surface area contributed by atoms with Crippen molar-refractivity contribution in [2.75, 3.05) is 13.1 Å². The van der Waals surface area contributed by atoms with Crippen molar-refractivity contribution in [3.63, 3.8) is 0 Å². The van der Waals surface area contributed by atoms with Gasteiger partial charge in [0.1, 0.15) is 4.21 Å². The Bertz CT molecular complexity index is 769. The summed E-state index contributed by atoms with van der Waals surface area (Å²) < 4.78 is 26.7. The van der Waals surface area contributed by atoms with E-state index in [0.29, 0.717) is 22.9 Å². The molecule has 0 spiro atoms. The summed E-state index contributed by atoms with van der Waals surface area (Å²) in [6.07, 6.45) is 0. The van der Waals surface area contributed by atoms with Crippen molar-refractivity contribution in [3.8, 4) is 16.5 Å². The second-order valence-corrected chi connectivity index (χ2v) is 7.61. The van der Waals surface area contributed by atoms with Crippen LogP contribution in [0.25, 0.3) is 10.4 Å². The van der Waals surface area contributed by atoms with Crippen molar-refractivity contribution in [1.29, 1.82) is 5.26 Å². The SMILES string of the molecule is CCN(CC)S(=O)(=O)c1ccc(-c2ccccc2C#N)s1. The molecule has 110 valence electrons. The predicted octanol–water partition coefficient (Wildman–Crippen LogP) is 3.32. The van der Waals surface area contributed by atoms with Crippen LogP contribution in [-0.4, -0.2) is 25.8 Å². The zero-order valence-corrected chi connectivity index (χ0v) is 13.5. The summed E-state index contributed by atoms with van der Waals surface area (Å²) in [5, 5.41) is 9.14. The summed E-state index contributed by atoms with van der Waals surface area (Å²) in [7, 11) is -3.44. The third-order valence-electron chi connectivity index (χ3n) is 3.19. The maximum Gasteiger partial charge on any atom is 0.252 e. The normalized spacial score (nSPS) is 11.5. The zero-order valence-electron chi connectivity index (χ0n) is 11.9. The van der Waals surface area contributed by atoms with Crippen molar-refractivity contribution in [3.05, 3.63) is 42.0 Å². The Morgan fingerprint density at radius 3 is 2.43 bits per heavy atom. The Morgan fingerprint density at radius 2 is 1.81 bits per heavy atom. The molecule has 0 radical (unpaired) electrons. The number of hydrogen-bond acceptors (Lipinski definition) is 4. The number of benzene rings is 1. The fourth-order valence-electron chi connectivity index (χ4n) is 2.09. The van der Waals surface area contributed by atoms with Gasteiger partial charge in [0, 0.05) is 23.5 Å². The monoisotopic (exact) mass is 320 g/mol. The van der Waals surface area contributed by atoms with E-state index in [1.165, 1.54) is 15.6 Å². The fourth-order valence-corrected chi connectivity index (χ4v) is 5.05. The molecule has 0 amide bonds. The van der Waals surface area contributed by atoms with Gasteiger partial charge in [-0.25, -0.2) is 8.42 Å². The highest BCUT2D eigenvalue weighted by atomic mass is 32.2. The van der Waals surface area contributed by atoms with E-state index in [9.17, 15) is 8.42 Å². The molecule has 1 aromatic heterocycles. The third kappa shape index (κ3) is 3.00. The van der Waals surface area contributed by atoms with Crippen LogP contribution in [0.2, 0.25) is 0 Å². The predicted molar refractivity (Wildman–Crippen MR) is 84.6 cm³/mol. The van der Waals surface area contributed by atoms with E-state index in [0.717, 1.165) is 10.4 Å². The summed E-state index contributed by atoms with van der Waals surface area (Å²) in [5.41, 5.74) is 1.32. The second-order valence-electron chi connectivity index (χ2n) is 4.37. The first-order valence-electron chi connectivity index (χ1n) is 6.64. The minimum Gasteiger partial charge on any atom is -0.206 e. The third-order valence-corrected chi connectivity index (χ3v) is 6.83. The first-order chi connectivity index (χ1) is 10.0. The molecule has 0 atom stereocenters. The van der Waals surface area contributed by atoms with Crippen LogP contribution in [0.1, 0.15) is 19.4 Å². The smallest absolute Gasteiger partial charge is 0.206 e. The molecule has 2 aromatic rings. The molecule has 0 unspecified atom stereocenters. The van der Waals surface area contributed by atoms with E-state index in [4.69, 9.17) is 5.26 Å². The summed E-state index contributed by atoms with van der Waals surface area (Å²) in [6, 6.07) is 12.7. The van der Waals surface area contributed by atoms with E-state index in [1.54, 1.807) is 24.3 Å². The van der Waals surface area contributed by atoms with Gasteiger partial charge in [0.25, 0.3) is 10.0 Å². The van der Waals surface area contributed by atoms with Gasteiger partial charge in [-0.2, -0.15) is 9.57 Å². The molecular formula is C15H16N2O2S2. The van der Waals surface area contributed by atoms with Gasteiger partial charge in [0.2, 0.25) is 0 Å². The molecule has 1 heterocycles. The summed E-state index contributed by atoms with van der Waals surface area (Å²) in [5.74, 6) is 0. The van der Waals surface area contributed by atoms with Crippen molar-refractivity contribution >= 4 is 21.4 Å². The van der Waals surface area contributed by atoms with Crippen molar-refractivity contribution in [2.24, 2.45) is 0 Å². The van der Waals surface area contributed by atoms with Crippen LogP contribution in [0.5, 0.6) is 0 Å². The molecule has 0 bridgehead atoms. The van der Waals surface area contributed by atoms with Gasteiger partial charge in [-0.15, -0.1) is 11.3 Å². The van der Waals surface area contributed by atoms with E-state index in [2.05, 4.69) is 6.07 Å². The van der Waals surface area contributed by atoms with Crippen LogP contribution in [0, 0.1) is 11.3 Å². The molecule has 1 aromatic carbocycles. The summed E-state index contributed by atoms with van der Waals surface area (Å²) in [4.78, 5) is 0.790. The highest BCUT2D eigenvalue weighted by molar-refractivity contribution is 7.91. The van der Waals surface area contributed by atoms with Gasteiger partial charge in [0.05, 0.1) is 11.6 Å². The molecule has 0 aliphatic carbocycles. The first kappa shape index (κ1) is 15.7. The van der Waals surface area contributed by atoms with Crippen LogP contribution in [-0.2, 0) is 10.0 Å². The Labute approximate surface area is 129 Å². The number of nitriles is 1. The van der Waals surface area contributed by atoms with E-state index < -0.39 is 10.0 Å². The Hall–Kier alpha value is -1.68. The summed E-state index contributed by atoms with van der Waals surface area (Å²) in [6.45, 7) is 4.53. The molecule has 0 aliphatic rings. The lowest BCUT2D eigenvalue weighted by Gasteiger charge is -2.16. The van der Waals surface area contributed by atoms with Crippen molar-refractivity contribution < 1.29 is 8.42 Å². The topological polar surface area (TPSA) is 61.2 Å². The van der Waals surface area contributed by atoms with Crippen molar-refractivity contribution in [1.82, 2.24) is 4.31 Å². The standard InChI is InChI=1S/C15H16N2O2S2/c1-3-17(4-2)21(18,19)15-10-9-14(20-15)13-8-6-5-7-12(13)11-16/h5-10H,3-4H2,1-2H3. The van der Waals surface area contributed by atoms with Crippen LogP contribution in [0.4, 0.5) is 0 Å². The van der Waals surface area contributed by atoms with Crippen LogP contribution in [0.3, 0.4) is 0 Å². The number of thiophene rings is 1. The van der Waals surface area contributed by atoms with E-state index in [-0.39, 0.29) is 0 Å². The molecule has 4 nitrogen and oxygen atoms in total. The lowest BCUT2D eigenvalue weighted by atomic mass is 10.1. The van der Waals surface area contributed by atoms with Crippen LogP contribution in [0.15, 0.2) is 40.6 Å². The molecule has 6 heteroatoms. The van der Waals surface area contributed by atoms with E-state index >= 15 is 0 Å². The number of hydrogen-bond donors (Lipinski definition) is 0. The van der Waals surface area contributed by atoms with Gasteiger partial charge in [-0.05, 0) is 18.2 Å². The molecule has 0 saturated carbocycles. The van der Waals surface area contributed by atoms with Gasteiger partial charge in [-0.1, -0.05) is 32.0 Å². The Kier molecular flexibility index (Phi) is 4.78. The molecule has 0 N–H and O–H groups in total. The van der Waals surface area contributed by atoms with Gasteiger partial charge >= 0.3 is 0 Å². The highest BCUT2D eigenvalue weighted by Gasteiger charge is 2.24. The first-order valence-corrected chi connectivity index (χ1v) is 8.89. The molecule has 0 fully saturated rings. The summed E-state index contributed by atoms with van der Waals surface area (Å²) >= 11 is 1.20. The number of nitrogens with zero attached hydrogens (tertiary/aromatic N) is 2. The van der Waals surface area contributed by atoms with Gasteiger partial charge in [0.15, 0.2) is 0 Å². The quantitative estimate of drug-likeness (QED) is 0.849. The molecule has 0 aliphatic heterocycles. The zero-order chi connectivity index (χ0) is 15.5. The Morgan fingerprint density at radius 1 is 1.14 bits per heavy atom. The lowest BCUT2D eigenvalue weighted by Crippen LogP contribution is -2.29. The average molecular weight is 320 g/mol. The largest absolute Gasteiger partial charge is 0.252 e. The van der Waals surface area contributed by atoms with Crippen LogP contribution < -0.4 is 0 Å². The maximum absolute atomic E-state index is 12.5. The highest BCUT2D eigenvalue weighted by Crippen LogP contribution is 2.33. The average Bonchev–Trinajstić information content (AvgIpc) is 2.98. The minimum atomic E-state index is -3.44. The van der Waals surface area contributed by atoms with Gasteiger partial charge < -0.3 is 0 Å². The van der Waals surface area contributed by atoms with Crippen LogP contribution >= 0.6 is 11.3 Å². The van der Waals surface area contributed by atoms with Crippen molar-refractivity contribution in [2.45, 2.75) is 18.1 Å². The fraction of sp³-hybridized carbons (Fsp3) is 0.267. The van der Waals surface area contributed by atoms with E-state index in [1.807, 2.05) is 26.0 Å². The number of rotatable bonds is 5. The maximum atomic E-state index is 12.5. The molecule has 0 saturated heterocycles. The molecule has 2 rings (SSSR count). The number of sulfonamides is 1. The lowest BCUT2D eigenvalue weighted by molar-refractivity contribution is 0.447. The minimum absolute atomic E-state index is 0.314. The second kappa shape index (κ2) is 6.39. The van der Waals surface area contributed by atoms with Gasteiger partial charge in [-0.3, -0.25) is 0 Å².